The molecule has 4 nitrogen and oxygen atoms in total. The van der Waals surface area contributed by atoms with Crippen molar-refractivity contribution in [2.75, 3.05) is 47.1 Å². The van der Waals surface area contributed by atoms with E-state index in [0.29, 0.717) is 19.8 Å². The molecule has 1 atom stereocenters. The second kappa shape index (κ2) is 8.44. The number of ether oxygens (including phenoxy) is 2. The lowest BCUT2D eigenvalue weighted by atomic mass is 10.3. The molecule has 0 aromatic rings. The standard InChI is InChI=1S/C9H21NO3/c1-9(11)8-10(4-6-12-2)5-7-13-3/h9,11H,4-8H2,1-3H3/t9-/m1/s1. The highest BCUT2D eigenvalue weighted by atomic mass is 16.5. The fraction of sp³-hybridized carbons (Fsp3) is 1.00. The Bertz CT molecular complexity index is 101. The predicted octanol–water partition coefficient (Wildman–Crippen LogP) is -0.0380. The van der Waals surface area contributed by atoms with Gasteiger partial charge in [0.1, 0.15) is 0 Å². The Kier molecular flexibility index (Phi) is 8.33. The van der Waals surface area contributed by atoms with Crippen LogP contribution in [0, 0.1) is 0 Å². The molecule has 4 heteroatoms. The van der Waals surface area contributed by atoms with Gasteiger partial charge in [0.25, 0.3) is 0 Å². The highest BCUT2D eigenvalue weighted by Gasteiger charge is 2.06. The molecule has 0 aromatic heterocycles. The number of hydrogen-bond acceptors (Lipinski definition) is 4. The van der Waals surface area contributed by atoms with Gasteiger partial charge in [0.2, 0.25) is 0 Å². The molecule has 0 aliphatic heterocycles. The van der Waals surface area contributed by atoms with Gasteiger partial charge in [-0.15, -0.1) is 0 Å². The molecule has 0 unspecified atom stereocenters. The molecular weight excluding hydrogens is 170 g/mol. The zero-order chi connectivity index (χ0) is 10.1. The van der Waals surface area contributed by atoms with E-state index in [0.717, 1.165) is 13.1 Å². The summed E-state index contributed by atoms with van der Waals surface area (Å²) in [5.74, 6) is 0. The molecule has 13 heavy (non-hydrogen) atoms. The summed E-state index contributed by atoms with van der Waals surface area (Å²) in [5.41, 5.74) is 0. The molecule has 0 fully saturated rings. The first-order valence-electron chi connectivity index (χ1n) is 4.59. The van der Waals surface area contributed by atoms with Crippen LogP contribution in [0.25, 0.3) is 0 Å². The first-order valence-corrected chi connectivity index (χ1v) is 4.59. The number of hydrogen-bond donors (Lipinski definition) is 1. The van der Waals surface area contributed by atoms with Crippen molar-refractivity contribution in [3.8, 4) is 0 Å². The van der Waals surface area contributed by atoms with Crippen LogP contribution in [0.15, 0.2) is 0 Å². The van der Waals surface area contributed by atoms with Crippen LogP contribution in [0.2, 0.25) is 0 Å². The van der Waals surface area contributed by atoms with Gasteiger partial charge in [-0.1, -0.05) is 0 Å². The molecule has 1 N–H and O–H groups in total. The monoisotopic (exact) mass is 191 g/mol. The molecule has 0 aromatic carbocycles. The van der Waals surface area contributed by atoms with Crippen molar-refractivity contribution in [3.63, 3.8) is 0 Å². The Morgan fingerprint density at radius 2 is 1.62 bits per heavy atom. The zero-order valence-electron chi connectivity index (χ0n) is 8.82. The molecule has 80 valence electrons. The average molecular weight is 191 g/mol. The maximum atomic E-state index is 9.20. The number of aliphatic hydroxyl groups is 1. The summed E-state index contributed by atoms with van der Waals surface area (Å²) in [6.45, 7) is 5.52. The van der Waals surface area contributed by atoms with Crippen LogP contribution in [0.4, 0.5) is 0 Å². The first kappa shape index (κ1) is 12.8. The van der Waals surface area contributed by atoms with Crippen LogP contribution >= 0.6 is 0 Å². The SMILES string of the molecule is COCCN(CCOC)C[C@@H](C)O. The summed E-state index contributed by atoms with van der Waals surface area (Å²) in [5, 5.41) is 9.20. The van der Waals surface area contributed by atoms with E-state index in [-0.39, 0.29) is 6.10 Å². The van der Waals surface area contributed by atoms with Crippen LogP contribution in [0.5, 0.6) is 0 Å². The quantitative estimate of drug-likeness (QED) is 0.584. The van der Waals surface area contributed by atoms with Gasteiger partial charge in [0.05, 0.1) is 19.3 Å². The predicted molar refractivity (Wildman–Crippen MR) is 51.9 cm³/mol. The van der Waals surface area contributed by atoms with E-state index in [1.807, 2.05) is 0 Å². The van der Waals surface area contributed by atoms with Crippen molar-refractivity contribution >= 4 is 0 Å². The van der Waals surface area contributed by atoms with Gasteiger partial charge >= 0.3 is 0 Å². The number of rotatable bonds is 8. The molecule has 0 heterocycles. The normalized spacial score (nSPS) is 13.6. The largest absolute Gasteiger partial charge is 0.392 e. The van der Waals surface area contributed by atoms with Gasteiger partial charge in [-0.25, -0.2) is 0 Å². The summed E-state index contributed by atoms with van der Waals surface area (Å²) >= 11 is 0. The Hall–Kier alpha value is -0.160. The van der Waals surface area contributed by atoms with Crippen molar-refractivity contribution in [2.24, 2.45) is 0 Å². The van der Waals surface area contributed by atoms with Crippen molar-refractivity contribution in [1.29, 1.82) is 0 Å². The van der Waals surface area contributed by atoms with Crippen LogP contribution in [0.3, 0.4) is 0 Å². The molecule has 0 rings (SSSR count). The third-order valence-corrected chi connectivity index (χ3v) is 1.75. The Morgan fingerprint density at radius 1 is 1.15 bits per heavy atom. The molecule has 0 spiro atoms. The van der Waals surface area contributed by atoms with Crippen molar-refractivity contribution < 1.29 is 14.6 Å². The summed E-state index contributed by atoms with van der Waals surface area (Å²) < 4.78 is 9.94. The number of nitrogens with zero attached hydrogens (tertiary/aromatic N) is 1. The molecule has 0 bridgehead atoms. The molecule has 0 aliphatic rings. The van der Waals surface area contributed by atoms with E-state index < -0.39 is 0 Å². The second-order valence-corrected chi connectivity index (χ2v) is 3.14. The van der Waals surface area contributed by atoms with Crippen molar-refractivity contribution in [1.82, 2.24) is 4.90 Å². The van der Waals surface area contributed by atoms with Gasteiger partial charge < -0.3 is 14.6 Å². The highest BCUT2D eigenvalue weighted by molar-refractivity contribution is 4.60. The highest BCUT2D eigenvalue weighted by Crippen LogP contribution is 1.92. The molecule has 0 radical (unpaired) electrons. The van der Waals surface area contributed by atoms with Gasteiger partial charge in [-0.05, 0) is 6.92 Å². The maximum absolute atomic E-state index is 9.20. The zero-order valence-corrected chi connectivity index (χ0v) is 8.82. The van der Waals surface area contributed by atoms with E-state index in [2.05, 4.69) is 4.90 Å². The lowest BCUT2D eigenvalue weighted by Gasteiger charge is -2.22. The summed E-state index contributed by atoms with van der Waals surface area (Å²) in [6.07, 6.45) is -0.297. The summed E-state index contributed by atoms with van der Waals surface area (Å²) in [6, 6.07) is 0. The average Bonchev–Trinajstić information content (AvgIpc) is 2.09. The molecule has 0 amide bonds. The van der Waals surface area contributed by atoms with Crippen LogP contribution in [-0.2, 0) is 9.47 Å². The lowest BCUT2D eigenvalue weighted by Crippen LogP contribution is -2.36. The summed E-state index contributed by atoms with van der Waals surface area (Å²) in [7, 11) is 3.35. The Balaban J connectivity index is 3.60. The minimum atomic E-state index is -0.297. The molecule has 0 saturated heterocycles. The van der Waals surface area contributed by atoms with Crippen molar-refractivity contribution in [3.05, 3.63) is 0 Å². The number of methoxy groups -OCH3 is 2. The van der Waals surface area contributed by atoms with Gasteiger partial charge in [-0.3, -0.25) is 4.90 Å². The number of aliphatic hydroxyl groups excluding tert-OH is 1. The minimum Gasteiger partial charge on any atom is -0.392 e. The Labute approximate surface area is 80.4 Å². The fourth-order valence-corrected chi connectivity index (χ4v) is 1.11. The first-order chi connectivity index (χ1) is 6.20. The van der Waals surface area contributed by atoms with E-state index in [1.54, 1.807) is 21.1 Å². The van der Waals surface area contributed by atoms with Crippen LogP contribution in [0.1, 0.15) is 6.92 Å². The molecule has 0 aliphatic carbocycles. The van der Waals surface area contributed by atoms with Gasteiger partial charge in [0.15, 0.2) is 0 Å². The summed E-state index contributed by atoms with van der Waals surface area (Å²) in [4.78, 5) is 2.12. The topological polar surface area (TPSA) is 41.9 Å². The van der Waals surface area contributed by atoms with E-state index >= 15 is 0 Å². The third kappa shape index (κ3) is 8.18. The van der Waals surface area contributed by atoms with Crippen LogP contribution < -0.4 is 0 Å². The smallest absolute Gasteiger partial charge is 0.0639 e. The van der Waals surface area contributed by atoms with Gasteiger partial charge in [0, 0.05) is 33.9 Å². The fourth-order valence-electron chi connectivity index (χ4n) is 1.11. The minimum absolute atomic E-state index is 0.297. The van der Waals surface area contributed by atoms with E-state index in [1.165, 1.54) is 0 Å². The van der Waals surface area contributed by atoms with E-state index in [4.69, 9.17) is 9.47 Å². The Morgan fingerprint density at radius 3 is 1.92 bits per heavy atom. The third-order valence-electron chi connectivity index (χ3n) is 1.75. The van der Waals surface area contributed by atoms with Gasteiger partial charge in [-0.2, -0.15) is 0 Å². The maximum Gasteiger partial charge on any atom is 0.0639 e. The second-order valence-electron chi connectivity index (χ2n) is 3.14. The van der Waals surface area contributed by atoms with E-state index in [9.17, 15) is 5.11 Å². The molecular formula is C9H21NO3. The van der Waals surface area contributed by atoms with Crippen molar-refractivity contribution in [2.45, 2.75) is 13.0 Å². The molecule has 0 saturated carbocycles. The van der Waals surface area contributed by atoms with Crippen LogP contribution in [-0.4, -0.2) is 63.2 Å². The lowest BCUT2D eigenvalue weighted by molar-refractivity contribution is 0.0767.